The van der Waals surface area contributed by atoms with Crippen molar-refractivity contribution in [3.63, 3.8) is 0 Å². The molecule has 1 saturated heterocycles. The fourth-order valence-corrected chi connectivity index (χ4v) is 4.15. The van der Waals surface area contributed by atoms with Gasteiger partial charge in [0.2, 0.25) is 0 Å². The molecular weight excluding hydrogens is 280 g/mol. The van der Waals surface area contributed by atoms with Crippen LogP contribution >= 0.6 is 0 Å². The molecule has 1 aliphatic heterocycles. The SMILES string of the molecule is COc1cc(C)ccc1OC(=O)CC1CCS(=O)(=O)C1. The van der Waals surface area contributed by atoms with Crippen LogP contribution in [0.2, 0.25) is 0 Å². The second kappa shape index (κ2) is 5.83. The van der Waals surface area contributed by atoms with Crippen molar-refractivity contribution in [1.29, 1.82) is 0 Å². The van der Waals surface area contributed by atoms with E-state index >= 15 is 0 Å². The largest absolute Gasteiger partial charge is 0.493 e. The first-order valence-electron chi connectivity index (χ1n) is 6.45. The number of aryl methyl sites for hydroxylation is 1. The van der Waals surface area contributed by atoms with Gasteiger partial charge in [-0.15, -0.1) is 0 Å². The number of hydrogen-bond acceptors (Lipinski definition) is 5. The van der Waals surface area contributed by atoms with Crippen molar-refractivity contribution in [2.24, 2.45) is 5.92 Å². The monoisotopic (exact) mass is 298 g/mol. The van der Waals surface area contributed by atoms with Crippen molar-refractivity contribution in [1.82, 2.24) is 0 Å². The van der Waals surface area contributed by atoms with Crippen molar-refractivity contribution in [3.8, 4) is 11.5 Å². The summed E-state index contributed by atoms with van der Waals surface area (Å²) in [6.07, 6.45) is 0.652. The van der Waals surface area contributed by atoms with Crippen molar-refractivity contribution < 1.29 is 22.7 Å². The number of rotatable bonds is 4. The number of benzene rings is 1. The molecule has 1 heterocycles. The van der Waals surface area contributed by atoms with Crippen molar-refractivity contribution in [3.05, 3.63) is 23.8 Å². The smallest absolute Gasteiger partial charge is 0.311 e. The molecule has 2 rings (SSSR count). The molecule has 0 spiro atoms. The summed E-state index contributed by atoms with van der Waals surface area (Å²) in [5, 5.41) is 0. The van der Waals surface area contributed by atoms with Gasteiger partial charge in [-0.2, -0.15) is 0 Å². The number of esters is 1. The maximum Gasteiger partial charge on any atom is 0.311 e. The molecule has 0 aliphatic carbocycles. The fraction of sp³-hybridized carbons (Fsp3) is 0.500. The molecule has 1 aromatic rings. The minimum absolute atomic E-state index is 0.0765. The predicted octanol–water partition coefficient (Wildman–Crippen LogP) is 1.73. The van der Waals surface area contributed by atoms with Crippen LogP contribution in [0.4, 0.5) is 0 Å². The minimum atomic E-state index is -2.96. The van der Waals surface area contributed by atoms with E-state index in [1.165, 1.54) is 7.11 Å². The van der Waals surface area contributed by atoms with Gasteiger partial charge in [0.05, 0.1) is 18.6 Å². The molecule has 1 atom stereocenters. The van der Waals surface area contributed by atoms with Crippen LogP contribution in [0, 0.1) is 12.8 Å². The van der Waals surface area contributed by atoms with Crippen LogP contribution in [0.1, 0.15) is 18.4 Å². The molecule has 0 N–H and O–H groups in total. The van der Waals surface area contributed by atoms with E-state index in [1.807, 2.05) is 13.0 Å². The Hall–Kier alpha value is -1.56. The molecule has 0 bridgehead atoms. The maximum atomic E-state index is 11.9. The summed E-state index contributed by atoms with van der Waals surface area (Å²) in [5.74, 6) is 0.547. The normalized spacial score (nSPS) is 20.6. The molecule has 0 saturated carbocycles. The first-order chi connectivity index (χ1) is 9.39. The lowest BCUT2D eigenvalue weighted by Crippen LogP contribution is -2.15. The lowest BCUT2D eigenvalue weighted by atomic mass is 10.1. The second-order valence-electron chi connectivity index (χ2n) is 5.10. The van der Waals surface area contributed by atoms with E-state index in [2.05, 4.69) is 0 Å². The highest BCUT2D eigenvalue weighted by Gasteiger charge is 2.30. The van der Waals surface area contributed by atoms with E-state index in [4.69, 9.17) is 9.47 Å². The molecule has 1 aliphatic rings. The lowest BCUT2D eigenvalue weighted by molar-refractivity contribution is -0.135. The average Bonchev–Trinajstić information content (AvgIpc) is 2.70. The summed E-state index contributed by atoms with van der Waals surface area (Å²) in [4.78, 5) is 11.9. The van der Waals surface area contributed by atoms with Crippen LogP contribution in [0.25, 0.3) is 0 Å². The zero-order valence-corrected chi connectivity index (χ0v) is 12.4. The number of hydrogen-bond donors (Lipinski definition) is 0. The van der Waals surface area contributed by atoms with Crippen LogP contribution in [0.3, 0.4) is 0 Å². The summed E-state index contributed by atoms with van der Waals surface area (Å²) in [5.41, 5.74) is 1.00. The van der Waals surface area contributed by atoms with Gasteiger partial charge in [-0.25, -0.2) is 8.42 Å². The molecule has 0 aromatic heterocycles. The quantitative estimate of drug-likeness (QED) is 0.625. The highest BCUT2D eigenvalue weighted by molar-refractivity contribution is 7.91. The third kappa shape index (κ3) is 3.72. The van der Waals surface area contributed by atoms with Crippen LogP contribution in [-0.4, -0.2) is 33.0 Å². The van der Waals surface area contributed by atoms with Gasteiger partial charge in [-0.3, -0.25) is 4.79 Å². The number of sulfone groups is 1. The molecule has 1 fully saturated rings. The maximum absolute atomic E-state index is 11.9. The summed E-state index contributed by atoms with van der Waals surface area (Å²) >= 11 is 0. The fourth-order valence-electron chi connectivity index (χ4n) is 2.29. The average molecular weight is 298 g/mol. The number of methoxy groups -OCH3 is 1. The highest BCUT2D eigenvalue weighted by atomic mass is 32.2. The summed E-state index contributed by atoms with van der Waals surface area (Å²) in [6.45, 7) is 1.91. The van der Waals surface area contributed by atoms with Gasteiger partial charge >= 0.3 is 5.97 Å². The van der Waals surface area contributed by atoms with Crippen LogP contribution < -0.4 is 9.47 Å². The highest BCUT2D eigenvalue weighted by Crippen LogP contribution is 2.29. The predicted molar refractivity (Wildman–Crippen MR) is 74.7 cm³/mol. The van der Waals surface area contributed by atoms with E-state index in [0.29, 0.717) is 17.9 Å². The van der Waals surface area contributed by atoms with E-state index in [9.17, 15) is 13.2 Å². The Kier molecular flexibility index (Phi) is 4.32. The molecule has 20 heavy (non-hydrogen) atoms. The van der Waals surface area contributed by atoms with E-state index in [0.717, 1.165) is 5.56 Å². The molecule has 6 heteroatoms. The minimum Gasteiger partial charge on any atom is -0.493 e. The number of carbonyl (C=O) groups is 1. The van der Waals surface area contributed by atoms with Gasteiger partial charge in [-0.1, -0.05) is 6.07 Å². The molecule has 110 valence electrons. The Morgan fingerprint density at radius 3 is 2.70 bits per heavy atom. The van der Waals surface area contributed by atoms with Gasteiger partial charge in [0, 0.05) is 6.42 Å². The topological polar surface area (TPSA) is 69.7 Å². The third-order valence-corrected chi connectivity index (χ3v) is 5.16. The molecule has 5 nitrogen and oxygen atoms in total. The Labute approximate surface area is 118 Å². The van der Waals surface area contributed by atoms with Crippen LogP contribution in [0.15, 0.2) is 18.2 Å². The van der Waals surface area contributed by atoms with E-state index in [-0.39, 0.29) is 23.8 Å². The molecule has 1 unspecified atom stereocenters. The standard InChI is InChI=1S/C14H18O5S/c1-10-3-4-12(13(7-10)18-2)19-14(15)8-11-5-6-20(16,17)9-11/h3-4,7,11H,5-6,8-9H2,1-2H3. The third-order valence-electron chi connectivity index (χ3n) is 3.33. The van der Waals surface area contributed by atoms with Gasteiger partial charge in [0.15, 0.2) is 21.3 Å². The van der Waals surface area contributed by atoms with Gasteiger partial charge in [-0.05, 0) is 37.0 Å². The first kappa shape index (κ1) is 14.8. The first-order valence-corrected chi connectivity index (χ1v) is 8.27. The Morgan fingerprint density at radius 1 is 1.35 bits per heavy atom. The summed E-state index contributed by atoms with van der Waals surface area (Å²) < 4.78 is 33.1. The van der Waals surface area contributed by atoms with Crippen molar-refractivity contribution in [2.45, 2.75) is 19.8 Å². The zero-order chi connectivity index (χ0) is 14.8. The molecule has 0 radical (unpaired) electrons. The Balaban J connectivity index is 1.98. The van der Waals surface area contributed by atoms with E-state index in [1.54, 1.807) is 12.1 Å². The zero-order valence-electron chi connectivity index (χ0n) is 11.6. The van der Waals surface area contributed by atoms with E-state index < -0.39 is 15.8 Å². The number of ether oxygens (including phenoxy) is 2. The molecule has 1 aromatic carbocycles. The van der Waals surface area contributed by atoms with Gasteiger partial charge in [0.25, 0.3) is 0 Å². The molecule has 0 amide bonds. The Morgan fingerprint density at radius 2 is 2.10 bits per heavy atom. The Bertz CT molecular complexity index is 606. The second-order valence-corrected chi connectivity index (χ2v) is 7.33. The summed E-state index contributed by atoms with van der Waals surface area (Å²) in [6, 6.07) is 5.28. The lowest BCUT2D eigenvalue weighted by Gasteiger charge is -2.11. The number of carbonyl (C=O) groups excluding carboxylic acids is 1. The van der Waals surface area contributed by atoms with Gasteiger partial charge < -0.3 is 9.47 Å². The molecular formula is C14H18O5S. The van der Waals surface area contributed by atoms with Gasteiger partial charge in [0.1, 0.15) is 0 Å². The van der Waals surface area contributed by atoms with Crippen LogP contribution in [0.5, 0.6) is 11.5 Å². The van der Waals surface area contributed by atoms with Crippen LogP contribution in [-0.2, 0) is 14.6 Å². The summed E-state index contributed by atoms with van der Waals surface area (Å²) in [7, 11) is -1.46. The van der Waals surface area contributed by atoms with Crippen molar-refractivity contribution >= 4 is 15.8 Å². The van der Waals surface area contributed by atoms with Crippen molar-refractivity contribution in [2.75, 3.05) is 18.6 Å².